The van der Waals surface area contributed by atoms with Gasteiger partial charge >= 0.3 is 0 Å². The van der Waals surface area contributed by atoms with Crippen molar-refractivity contribution in [3.05, 3.63) is 36.2 Å². The van der Waals surface area contributed by atoms with Gasteiger partial charge in [-0.15, -0.1) is 22.0 Å². The van der Waals surface area contributed by atoms with Crippen LogP contribution in [0.1, 0.15) is 12.2 Å². The third kappa shape index (κ3) is 4.16. The quantitative estimate of drug-likeness (QED) is 0.753. The van der Waals surface area contributed by atoms with Crippen molar-refractivity contribution in [1.82, 2.24) is 20.6 Å². The van der Waals surface area contributed by atoms with Crippen LogP contribution in [0.5, 0.6) is 0 Å². The van der Waals surface area contributed by atoms with Gasteiger partial charge in [0.15, 0.2) is 5.82 Å². The van der Waals surface area contributed by atoms with Gasteiger partial charge in [0.25, 0.3) is 0 Å². The molecular formula is C11H15N5S. The fourth-order valence-corrected chi connectivity index (χ4v) is 2.33. The third-order valence-corrected chi connectivity index (χ3v) is 3.54. The van der Waals surface area contributed by atoms with Gasteiger partial charge in [0.2, 0.25) is 0 Å². The van der Waals surface area contributed by atoms with Crippen LogP contribution >= 0.6 is 11.8 Å². The summed E-state index contributed by atoms with van der Waals surface area (Å²) in [6.45, 7) is 0. The van der Waals surface area contributed by atoms with Crippen LogP contribution in [0.25, 0.3) is 0 Å². The van der Waals surface area contributed by atoms with Gasteiger partial charge in [0.05, 0.1) is 0 Å². The van der Waals surface area contributed by atoms with E-state index in [9.17, 15) is 0 Å². The molecule has 17 heavy (non-hydrogen) atoms. The summed E-state index contributed by atoms with van der Waals surface area (Å²) in [4.78, 5) is 1.25. The van der Waals surface area contributed by atoms with Gasteiger partial charge in [0.1, 0.15) is 0 Å². The van der Waals surface area contributed by atoms with Crippen molar-refractivity contribution in [1.29, 1.82) is 0 Å². The summed E-state index contributed by atoms with van der Waals surface area (Å²) in [5.74, 6) is 1.63. The standard InChI is InChI=1S/C11H15N5S/c12-9(6-7-11-13-15-16-14-11)8-17-10-4-2-1-3-5-10/h1-5,9H,6-8,12H2,(H,13,14,15,16)/t9-/m1/s1. The first-order valence-electron chi connectivity index (χ1n) is 5.50. The topological polar surface area (TPSA) is 80.5 Å². The second kappa shape index (κ2) is 6.36. The summed E-state index contributed by atoms with van der Waals surface area (Å²) in [5.41, 5.74) is 6.03. The van der Waals surface area contributed by atoms with E-state index in [-0.39, 0.29) is 6.04 Å². The molecule has 90 valence electrons. The van der Waals surface area contributed by atoms with Crippen LogP contribution in [0.4, 0.5) is 0 Å². The highest BCUT2D eigenvalue weighted by Gasteiger charge is 2.06. The van der Waals surface area contributed by atoms with Crippen LogP contribution in [0.15, 0.2) is 35.2 Å². The summed E-state index contributed by atoms with van der Waals surface area (Å²) in [6, 6.07) is 10.4. The number of benzene rings is 1. The van der Waals surface area contributed by atoms with Gasteiger partial charge in [-0.25, -0.2) is 0 Å². The Kier molecular flexibility index (Phi) is 4.52. The molecule has 0 radical (unpaired) electrons. The van der Waals surface area contributed by atoms with E-state index in [0.717, 1.165) is 24.4 Å². The highest BCUT2D eigenvalue weighted by atomic mass is 32.2. The molecule has 2 aromatic rings. The molecule has 6 heteroatoms. The van der Waals surface area contributed by atoms with Gasteiger partial charge < -0.3 is 5.73 Å². The molecule has 3 N–H and O–H groups in total. The molecule has 0 bridgehead atoms. The van der Waals surface area contributed by atoms with Gasteiger partial charge in [-0.3, -0.25) is 0 Å². The summed E-state index contributed by atoms with van der Waals surface area (Å²) in [7, 11) is 0. The first-order valence-corrected chi connectivity index (χ1v) is 6.49. The summed E-state index contributed by atoms with van der Waals surface area (Å²) >= 11 is 1.78. The van der Waals surface area contributed by atoms with Crippen LogP contribution in [0.3, 0.4) is 0 Å². The summed E-state index contributed by atoms with van der Waals surface area (Å²) in [5, 5.41) is 13.7. The first kappa shape index (κ1) is 12.1. The van der Waals surface area contributed by atoms with Crippen LogP contribution in [-0.4, -0.2) is 32.4 Å². The normalized spacial score (nSPS) is 12.5. The fraction of sp³-hybridized carbons (Fsp3) is 0.364. The number of aromatic nitrogens is 4. The third-order valence-electron chi connectivity index (χ3n) is 2.34. The second-order valence-corrected chi connectivity index (χ2v) is 4.84. The van der Waals surface area contributed by atoms with Crippen LogP contribution in [0.2, 0.25) is 0 Å². The van der Waals surface area contributed by atoms with Crippen molar-refractivity contribution >= 4 is 11.8 Å². The monoisotopic (exact) mass is 249 g/mol. The lowest BCUT2D eigenvalue weighted by molar-refractivity contribution is 0.656. The molecule has 0 aliphatic heterocycles. The molecule has 0 unspecified atom stereocenters. The van der Waals surface area contributed by atoms with E-state index in [1.54, 1.807) is 11.8 Å². The molecule has 1 atom stereocenters. The lowest BCUT2D eigenvalue weighted by Crippen LogP contribution is -2.23. The van der Waals surface area contributed by atoms with E-state index in [2.05, 4.69) is 32.8 Å². The zero-order chi connectivity index (χ0) is 11.9. The van der Waals surface area contributed by atoms with E-state index in [1.165, 1.54) is 4.90 Å². The van der Waals surface area contributed by atoms with Gasteiger partial charge in [-0.1, -0.05) is 23.4 Å². The number of nitrogens with two attached hydrogens (primary N) is 1. The Morgan fingerprint density at radius 2 is 2.12 bits per heavy atom. The number of aryl methyl sites for hydroxylation is 1. The number of tetrazole rings is 1. The predicted molar refractivity (Wildman–Crippen MR) is 67.6 cm³/mol. The van der Waals surface area contributed by atoms with Crippen molar-refractivity contribution in [3.63, 3.8) is 0 Å². The number of nitrogens with zero attached hydrogens (tertiary/aromatic N) is 3. The minimum absolute atomic E-state index is 0.152. The number of nitrogens with one attached hydrogen (secondary N) is 1. The smallest absolute Gasteiger partial charge is 0.174 e. The Labute approximate surface area is 104 Å². The average Bonchev–Trinajstić information content (AvgIpc) is 2.88. The first-order chi connectivity index (χ1) is 8.34. The molecule has 0 aliphatic carbocycles. The van der Waals surface area contributed by atoms with Crippen LogP contribution < -0.4 is 5.73 Å². The lowest BCUT2D eigenvalue weighted by atomic mass is 10.2. The van der Waals surface area contributed by atoms with Gasteiger partial charge in [0, 0.05) is 23.1 Å². The molecule has 5 nitrogen and oxygen atoms in total. The molecule has 0 saturated heterocycles. The van der Waals surface area contributed by atoms with Crippen molar-refractivity contribution in [2.24, 2.45) is 5.73 Å². The zero-order valence-corrected chi connectivity index (χ0v) is 10.2. The molecule has 0 saturated carbocycles. The van der Waals surface area contributed by atoms with Crippen LogP contribution in [-0.2, 0) is 6.42 Å². The maximum atomic E-state index is 6.03. The highest BCUT2D eigenvalue weighted by molar-refractivity contribution is 7.99. The minimum Gasteiger partial charge on any atom is -0.327 e. The SMILES string of the molecule is N[C@H](CCc1nn[nH]n1)CSc1ccccc1. The molecule has 0 aliphatic rings. The number of H-pyrrole nitrogens is 1. The second-order valence-electron chi connectivity index (χ2n) is 3.75. The molecule has 0 fully saturated rings. The Hall–Kier alpha value is -1.40. The molecule has 1 aromatic carbocycles. The maximum absolute atomic E-state index is 6.03. The Morgan fingerprint density at radius 3 is 2.82 bits per heavy atom. The van der Waals surface area contributed by atoms with Crippen molar-refractivity contribution in [2.45, 2.75) is 23.8 Å². The predicted octanol–water partition coefficient (Wildman–Crippen LogP) is 1.25. The molecule has 0 amide bonds. The number of thioether (sulfide) groups is 1. The number of hydrogen-bond donors (Lipinski definition) is 2. The number of hydrogen-bond acceptors (Lipinski definition) is 5. The van der Waals surface area contributed by atoms with Crippen molar-refractivity contribution in [3.8, 4) is 0 Å². The van der Waals surface area contributed by atoms with Gasteiger partial charge in [-0.2, -0.15) is 5.21 Å². The van der Waals surface area contributed by atoms with E-state index in [1.807, 2.05) is 18.2 Å². The molecule has 0 spiro atoms. The van der Waals surface area contributed by atoms with Crippen molar-refractivity contribution in [2.75, 3.05) is 5.75 Å². The van der Waals surface area contributed by atoms with E-state index in [0.29, 0.717) is 0 Å². The van der Waals surface area contributed by atoms with E-state index < -0.39 is 0 Å². The molecule has 1 heterocycles. The number of rotatable bonds is 6. The average molecular weight is 249 g/mol. The zero-order valence-electron chi connectivity index (χ0n) is 9.41. The van der Waals surface area contributed by atoms with E-state index >= 15 is 0 Å². The fourth-order valence-electron chi connectivity index (χ4n) is 1.41. The van der Waals surface area contributed by atoms with Crippen LogP contribution in [0, 0.1) is 0 Å². The molecular weight excluding hydrogens is 234 g/mol. The Bertz CT molecular complexity index is 417. The highest BCUT2D eigenvalue weighted by Crippen LogP contribution is 2.18. The molecule has 2 rings (SSSR count). The molecule has 1 aromatic heterocycles. The Balaban J connectivity index is 1.69. The summed E-state index contributed by atoms with van der Waals surface area (Å²) < 4.78 is 0. The summed E-state index contributed by atoms with van der Waals surface area (Å²) in [6.07, 6.45) is 1.65. The minimum atomic E-state index is 0.152. The maximum Gasteiger partial charge on any atom is 0.174 e. The largest absolute Gasteiger partial charge is 0.327 e. The number of aromatic amines is 1. The Morgan fingerprint density at radius 1 is 1.29 bits per heavy atom. The van der Waals surface area contributed by atoms with Gasteiger partial charge in [-0.05, 0) is 18.6 Å². The van der Waals surface area contributed by atoms with Crippen molar-refractivity contribution < 1.29 is 0 Å². The van der Waals surface area contributed by atoms with E-state index in [4.69, 9.17) is 5.73 Å². The lowest BCUT2D eigenvalue weighted by Gasteiger charge is -2.09.